The molecule has 1 fully saturated rings. The first kappa shape index (κ1) is 32.5. The first-order valence-corrected chi connectivity index (χ1v) is 17.1. The summed E-state index contributed by atoms with van der Waals surface area (Å²) in [6, 6.07) is 30.0. The highest BCUT2D eigenvalue weighted by molar-refractivity contribution is 7.92. The van der Waals surface area contributed by atoms with E-state index in [-0.39, 0.29) is 35.5 Å². The van der Waals surface area contributed by atoms with Crippen LogP contribution in [0.25, 0.3) is 0 Å². The van der Waals surface area contributed by atoms with E-state index >= 15 is 0 Å². The summed E-state index contributed by atoms with van der Waals surface area (Å²) >= 11 is 12.9. The van der Waals surface area contributed by atoms with Gasteiger partial charge < -0.3 is 10.2 Å². The fourth-order valence-electron chi connectivity index (χ4n) is 5.61. The third kappa shape index (κ3) is 8.25. The Labute approximate surface area is 274 Å². The zero-order chi connectivity index (χ0) is 31.8. The van der Waals surface area contributed by atoms with Gasteiger partial charge in [0, 0.05) is 29.1 Å². The van der Waals surface area contributed by atoms with Crippen LogP contribution in [0.4, 0.5) is 5.69 Å². The van der Waals surface area contributed by atoms with Gasteiger partial charge in [-0.15, -0.1) is 0 Å². The summed E-state index contributed by atoms with van der Waals surface area (Å²) in [6.07, 6.45) is 4.05. The van der Waals surface area contributed by atoms with E-state index in [0.717, 1.165) is 35.6 Å². The minimum absolute atomic E-state index is 0.00284. The lowest BCUT2D eigenvalue weighted by Crippen LogP contribution is -2.54. The molecule has 7 nitrogen and oxygen atoms in total. The van der Waals surface area contributed by atoms with Crippen molar-refractivity contribution in [3.8, 4) is 0 Å². The molecule has 0 radical (unpaired) electrons. The minimum atomic E-state index is -4.20. The lowest BCUT2D eigenvalue weighted by atomic mass is 10.0. The van der Waals surface area contributed by atoms with Crippen LogP contribution in [-0.2, 0) is 32.6 Å². The first-order valence-electron chi connectivity index (χ1n) is 14.9. The van der Waals surface area contributed by atoms with Gasteiger partial charge in [-0.3, -0.25) is 13.9 Å². The monoisotopic (exact) mass is 663 g/mol. The fourth-order valence-corrected chi connectivity index (χ4v) is 7.42. The molecule has 1 aliphatic carbocycles. The molecular weight excluding hydrogens is 629 g/mol. The summed E-state index contributed by atoms with van der Waals surface area (Å²) in [5.74, 6) is -0.844. The van der Waals surface area contributed by atoms with Crippen molar-refractivity contribution in [1.82, 2.24) is 10.2 Å². The smallest absolute Gasteiger partial charge is 0.264 e. The normalized spacial score (nSPS) is 14.1. The van der Waals surface area contributed by atoms with E-state index in [1.807, 2.05) is 36.4 Å². The van der Waals surface area contributed by atoms with Gasteiger partial charge in [0.1, 0.15) is 12.6 Å². The maximum Gasteiger partial charge on any atom is 0.264 e. The third-order valence-electron chi connectivity index (χ3n) is 7.98. The van der Waals surface area contributed by atoms with Gasteiger partial charge in [-0.2, -0.15) is 0 Å². The Hall–Kier alpha value is -3.85. The molecule has 1 N–H and O–H groups in total. The Bertz CT molecular complexity index is 1720. The fraction of sp³-hybridized carbons (Fsp3) is 0.257. The molecule has 0 bridgehead atoms. The number of halogens is 2. The second kappa shape index (κ2) is 15.0. The van der Waals surface area contributed by atoms with Gasteiger partial charge in [-0.1, -0.05) is 109 Å². The van der Waals surface area contributed by atoms with Gasteiger partial charge in [0.15, 0.2) is 0 Å². The highest BCUT2D eigenvalue weighted by Gasteiger charge is 2.35. The van der Waals surface area contributed by atoms with Crippen LogP contribution in [-0.4, -0.2) is 43.8 Å². The predicted molar refractivity (Wildman–Crippen MR) is 179 cm³/mol. The van der Waals surface area contributed by atoms with Gasteiger partial charge in [0.2, 0.25) is 11.8 Å². The summed E-state index contributed by atoms with van der Waals surface area (Å²) in [5.41, 5.74) is 1.73. The Kier molecular flexibility index (Phi) is 10.8. The quantitative estimate of drug-likeness (QED) is 0.179. The Morgan fingerprint density at radius 1 is 0.822 bits per heavy atom. The van der Waals surface area contributed by atoms with Crippen molar-refractivity contribution in [2.24, 2.45) is 0 Å². The number of amides is 2. The molecule has 2 amide bonds. The number of hydrogen-bond acceptors (Lipinski definition) is 4. The molecule has 1 saturated carbocycles. The van der Waals surface area contributed by atoms with E-state index in [4.69, 9.17) is 23.2 Å². The molecule has 0 spiro atoms. The standard InChI is InChI=1S/C35H35Cl2N3O4S/c36-28-15-11-18-30(23-28)40(45(43,44)31-19-5-2-6-20-31)25-34(41)39(24-27-14-7-10-21-32(27)37)33(22-26-12-3-1-4-13-26)35(42)38-29-16-8-9-17-29/h1-7,10-15,18-21,23,29,33H,8-9,16-17,22,24-25H2,(H,38,42)/t33-/m1/s1. The molecule has 0 saturated heterocycles. The van der Waals surface area contributed by atoms with Crippen molar-refractivity contribution in [1.29, 1.82) is 0 Å². The largest absolute Gasteiger partial charge is 0.352 e. The number of carbonyl (C=O) groups is 2. The Balaban J connectivity index is 1.57. The van der Waals surface area contributed by atoms with E-state index in [1.54, 1.807) is 54.6 Å². The van der Waals surface area contributed by atoms with Crippen molar-refractivity contribution in [3.05, 3.63) is 130 Å². The molecule has 0 aromatic heterocycles. The minimum Gasteiger partial charge on any atom is -0.352 e. The molecule has 45 heavy (non-hydrogen) atoms. The molecule has 4 aromatic rings. The van der Waals surface area contributed by atoms with E-state index in [2.05, 4.69) is 5.32 Å². The van der Waals surface area contributed by atoms with Crippen molar-refractivity contribution in [3.63, 3.8) is 0 Å². The van der Waals surface area contributed by atoms with Gasteiger partial charge in [0.05, 0.1) is 10.6 Å². The van der Waals surface area contributed by atoms with Gasteiger partial charge in [0.25, 0.3) is 10.0 Å². The summed E-state index contributed by atoms with van der Waals surface area (Å²) < 4.78 is 29.1. The molecule has 0 unspecified atom stereocenters. The van der Waals surface area contributed by atoms with E-state index in [9.17, 15) is 18.0 Å². The summed E-state index contributed by atoms with van der Waals surface area (Å²) in [6.45, 7) is -0.563. The van der Waals surface area contributed by atoms with Crippen LogP contribution in [0.2, 0.25) is 10.0 Å². The van der Waals surface area contributed by atoms with Crippen LogP contribution >= 0.6 is 23.2 Å². The highest BCUT2D eigenvalue weighted by Crippen LogP contribution is 2.28. The molecule has 0 aliphatic heterocycles. The van der Waals surface area contributed by atoms with Crippen molar-refractivity contribution in [2.75, 3.05) is 10.8 Å². The van der Waals surface area contributed by atoms with Crippen molar-refractivity contribution >= 4 is 50.7 Å². The van der Waals surface area contributed by atoms with Crippen molar-refractivity contribution < 1.29 is 18.0 Å². The number of rotatable bonds is 12. The van der Waals surface area contributed by atoms with E-state index < -0.39 is 28.5 Å². The van der Waals surface area contributed by atoms with E-state index in [1.165, 1.54) is 23.1 Å². The third-order valence-corrected chi connectivity index (χ3v) is 10.4. The Morgan fingerprint density at radius 3 is 2.13 bits per heavy atom. The number of anilines is 1. The summed E-state index contributed by atoms with van der Waals surface area (Å²) in [7, 11) is -4.20. The molecule has 1 atom stereocenters. The van der Waals surface area contributed by atoms with Crippen LogP contribution in [0.1, 0.15) is 36.8 Å². The van der Waals surface area contributed by atoms with Gasteiger partial charge >= 0.3 is 0 Å². The van der Waals surface area contributed by atoms with Crippen molar-refractivity contribution in [2.45, 2.75) is 55.6 Å². The number of sulfonamides is 1. The zero-order valence-corrected chi connectivity index (χ0v) is 27.0. The van der Waals surface area contributed by atoms with Crippen LogP contribution < -0.4 is 9.62 Å². The predicted octanol–water partition coefficient (Wildman–Crippen LogP) is 6.89. The highest BCUT2D eigenvalue weighted by atomic mass is 35.5. The summed E-state index contributed by atoms with van der Waals surface area (Å²) in [5, 5.41) is 3.93. The van der Waals surface area contributed by atoms with Crippen LogP contribution in [0.5, 0.6) is 0 Å². The number of nitrogens with one attached hydrogen (secondary N) is 1. The zero-order valence-electron chi connectivity index (χ0n) is 24.7. The molecule has 1 aliphatic rings. The van der Waals surface area contributed by atoms with Crippen LogP contribution in [0.3, 0.4) is 0 Å². The lowest BCUT2D eigenvalue weighted by molar-refractivity contribution is -0.140. The van der Waals surface area contributed by atoms with Gasteiger partial charge in [-0.25, -0.2) is 8.42 Å². The number of hydrogen-bond donors (Lipinski definition) is 1. The van der Waals surface area contributed by atoms with E-state index in [0.29, 0.717) is 15.6 Å². The second-order valence-corrected chi connectivity index (χ2v) is 13.8. The first-order chi connectivity index (χ1) is 21.7. The van der Waals surface area contributed by atoms with Gasteiger partial charge in [-0.05, 0) is 60.4 Å². The molecule has 0 heterocycles. The number of nitrogens with zero attached hydrogens (tertiary/aromatic N) is 2. The molecular formula is C35H35Cl2N3O4S. The number of benzene rings is 4. The topological polar surface area (TPSA) is 86.8 Å². The maximum atomic E-state index is 14.5. The van der Waals surface area contributed by atoms with Crippen LogP contribution in [0, 0.1) is 0 Å². The lowest BCUT2D eigenvalue weighted by Gasteiger charge is -2.34. The molecule has 5 rings (SSSR count). The molecule has 10 heteroatoms. The molecule has 234 valence electrons. The van der Waals surface area contributed by atoms with Crippen LogP contribution in [0.15, 0.2) is 114 Å². The second-order valence-electron chi connectivity index (χ2n) is 11.1. The summed E-state index contributed by atoms with van der Waals surface area (Å²) in [4.78, 5) is 30.1. The SMILES string of the molecule is O=C(NC1CCCC1)[C@@H](Cc1ccccc1)N(Cc1ccccc1Cl)C(=O)CN(c1cccc(Cl)c1)S(=O)(=O)c1ccccc1. The average Bonchev–Trinajstić information content (AvgIpc) is 3.56. The number of carbonyl (C=O) groups excluding carboxylic acids is 2. The average molecular weight is 665 g/mol. The Morgan fingerprint density at radius 2 is 1.47 bits per heavy atom. The molecule has 4 aromatic carbocycles. The maximum absolute atomic E-state index is 14.5.